The highest BCUT2D eigenvalue weighted by Gasteiger charge is 2.06. The Morgan fingerprint density at radius 2 is 1.92 bits per heavy atom. The van der Waals surface area contributed by atoms with E-state index in [1.165, 1.54) is 0 Å². The van der Waals surface area contributed by atoms with Gasteiger partial charge in [-0.1, -0.05) is 32.1 Å². The third-order valence-corrected chi connectivity index (χ3v) is 1.69. The minimum Gasteiger partial charge on any atom is -0.398 e. The minimum atomic E-state index is 0.443. The van der Waals surface area contributed by atoms with Gasteiger partial charge in [0, 0.05) is 5.70 Å². The van der Waals surface area contributed by atoms with Gasteiger partial charge >= 0.3 is 0 Å². The van der Waals surface area contributed by atoms with Crippen LogP contribution in [0.5, 0.6) is 0 Å². The highest BCUT2D eigenvalue weighted by molar-refractivity contribution is 5.36. The van der Waals surface area contributed by atoms with Gasteiger partial charge in [-0.15, -0.1) is 0 Å². The molecule has 12 heavy (non-hydrogen) atoms. The lowest BCUT2D eigenvalue weighted by Crippen LogP contribution is -2.05. The second-order valence-electron chi connectivity index (χ2n) is 3.30. The zero-order valence-corrected chi connectivity index (χ0v) is 8.52. The van der Waals surface area contributed by atoms with Crippen molar-refractivity contribution in [1.82, 2.24) is 0 Å². The van der Waals surface area contributed by atoms with Crippen molar-refractivity contribution in [2.24, 2.45) is 11.7 Å². The fraction of sp³-hybridized carbons (Fsp3) is 0.455. The van der Waals surface area contributed by atoms with Crippen LogP contribution in [0.25, 0.3) is 0 Å². The van der Waals surface area contributed by atoms with Crippen molar-refractivity contribution in [2.45, 2.75) is 27.7 Å². The number of hydrogen-bond acceptors (Lipinski definition) is 1. The maximum absolute atomic E-state index is 5.86. The molecule has 0 aliphatic carbocycles. The van der Waals surface area contributed by atoms with Gasteiger partial charge in [0.1, 0.15) is 0 Å². The molecule has 0 saturated heterocycles. The van der Waals surface area contributed by atoms with Crippen LogP contribution in [-0.2, 0) is 0 Å². The maximum Gasteiger partial charge on any atom is 0.0348 e. The van der Waals surface area contributed by atoms with Crippen LogP contribution in [0.3, 0.4) is 0 Å². The summed E-state index contributed by atoms with van der Waals surface area (Å²) in [6.45, 7) is 12.1. The number of rotatable bonds is 3. The van der Waals surface area contributed by atoms with Crippen molar-refractivity contribution in [3.05, 3.63) is 35.6 Å². The highest BCUT2D eigenvalue weighted by atomic mass is 14.6. The summed E-state index contributed by atoms with van der Waals surface area (Å²) in [6.07, 6.45) is 3.87. The van der Waals surface area contributed by atoms with Crippen molar-refractivity contribution < 1.29 is 0 Å². The Morgan fingerprint density at radius 3 is 2.17 bits per heavy atom. The average Bonchev–Trinajstić information content (AvgIpc) is 1.85. The maximum atomic E-state index is 5.86. The molecule has 2 N–H and O–H groups in total. The zero-order valence-electron chi connectivity index (χ0n) is 8.52. The average molecular weight is 165 g/mol. The summed E-state index contributed by atoms with van der Waals surface area (Å²) >= 11 is 0. The first-order valence-electron chi connectivity index (χ1n) is 4.28. The SMILES string of the molecule is C=C(C)/C(=C(N)/C=C\C)C(C)C. The van der Waals surface area contributed by atoms with E-state index >= 15 is 0 Å². The first kappa shape index (κ1) is 11.0. The van der Waals surface area contributed by atoms with Crippen molar-refractivity contribution in [3.8, 4) is 0 Å². The molecule has 0 unspecified atom stereocenters. The molecule has 0 bridgehead atoms. The molecule has 0 amide bonds. The van der Waals surface area contributed by atoms with Gasteiger partial charge in [0.25, 0.3) is 0 Å². The molecule has 0 spiro atoms. The van der Waals surface area contributed by atoms with Gasteiger partial charge in [-0.2, -0.15) is 0 Å². The molecule has 0 aromatic carbocycles. The standard InChI is InChI=1S/C11H19N/c1-6-7-10(12)11(8(2)3)9(4)5/h6-7,9H,2,12H2,1,3-5H3/b7-6-,11-10+. The van der Waals surface area contributed by atoms with Crippen molar-refractivity contribution in [1.29, 1.82) is 0 Å². The number of hydrogen-bond donors (Lipinski definition) is 1. The van der Waals surface area contributed by atoms with E-state index in [4.69, 9.17) is 5.73 Å². The Labute approximate surface area is 75.7 Å². The van der Waals surface area contributed by atoms with Gasteiger partial charge in [-0.25, -0.2) is 0 Å². The van der Waals surface area contributed by atoms with Crippen LogP contribution in [0.2, 0.25) is 0 Å². The Bertz CT molecular complexity index is 219. The Balaban J connectivity index is 4.93. The fourth-order valence-electron chi connectivity index (χ4n) is 1.34. The van der Waals surface area contributed by atoms with Crippen molar-refractivity contribution in [2.75, 3.05) is 0 Å². The van der Waals surface area contributed by atoms with Crippen molar-refractivity contribution in [3.63, 3.8) is 0 Å². The van der Waals surface area contributed by atoms with Crippen LogP contribution < -0.4 is 5.73 Å². The Morgan fingerprint density at radius 1 is 1.42 bits per heavy atom. The molecule has 0 rings (SSSR count). The second kappa shape index (κ2) is 4.81. The van der Waals surface area contributed by atoms with E-state index in [9.17, 15) is 0 Å². The summed E-state index contributed by atoms with van der Waals surface area (Å²) in [5.74, 6) is 0.443. The molecule has 0 saturated carbocycles. The molecule has 0 aliphatic heterocycles. The normalized spacial score (nSPS) is 13.8. The largest absolute Gasteiger partial charge is 0.398 e. The highest BCUT2D eigenvalue weighted by Crippen LogP contribution is 2.19. The van der Waals surface area contributed by atoms with E-state index in [0.29, 0.717) is 5.92 Å². The van der Waals surface area contributed by atoms with E-state index in [-0.39, 0.29) is 0 Å². The van der Waals surface area contributed by atoms with E-state index < -0.39 is 0 Å². The molecule has 1 nitrogen and oxygen atoms in total. The third kappa shape index (κ3) is 2.95. The lowest BCUT2D eigenvalue weighted by atomic mass is 9.95. The summed E-state index contributed by atoms with van der Waals surface area (Å²) in [6, 6.07) is 0. The van der Waals surface area contributed by atoms with E-state index in [1.54, 1.807) is 0 Å². The molecular formula is C11H19N. The smallest absolute Gasteiger partial charge is 0.0348 e. The quantitative estimate of drug-likeness (QED) is 0.639. The first-order chi connectivity index (χ1) is 5.50. The van der Waals surface area contributed by atoms with Gasteiger partial charge < -0.3 is 5.73 Å². The summed E-state index contributed by atoms with van der Waals surface area (Å²) in [4.78, 5) is 0. The third-order valence-electron chi connectivity index (χ3n) is 1.69. The Kier molecular flexibility index (Phi) is 4.42. The predicted molar refractivity (Wildman–Crippen MR) is 55.7 cm³/mol. The summed E-state index contributed by atoms with van der Waals surface area (Å²) < 4.78 is 0. The number of nitrogens with two attached hydrogens (primary N) is 1. The van der Waals surface area contributed by atoms with Crippen LogP contribution in [0.1, 0.15) is 27.7 Å². The van der Waals surface area contributed by atoms with Gasteiger partial charge in [-0.3, -0.25) is 0 Å². The topological polar surface area (TPSA) is 26.0 Å². The lowest BCUT2D eigenvalue weighted by Gasteiger charge is -2.13. The van der Waals surface area contributed by atoms with Gasteiger partial charge in [0.15, 0.2) is 0 Å². The van der Waals surface area contributed by atoms with E-state index in [2.05, 4.69) is 20.4 Å². The van der Waals surface area contributed by atoms with Gasteiger partial charge in [0.2, 0.25) is 0 Å². The lowest BCUT2D eigenvalue weighted by molar-refractivity contribution is 0.768. The molecule has 0 radical (unpaired) electrons. The van der Waals surface area contributed by atoms with Crippen molar-refractivity contribution >= 4 is 0 Å². The van der Waals surface area contributed by atoms with Gasteiger partial charge in [0.05, 0.1) is 0 Å². The zero-order chi connectivity index (χ0) is 9.72. The number of allylic oxidation sites excluding steroid dienone is 4. The monoisotopic (exact) mass is 165 g/mol. The van der Waals surface area contributed by atoms with Gasteiger partial charge in [-0.05, 0) is 31.4 Å². The van der Waals surface area contributed by atoms with Crippen LogP contribution in [0, 0.1) is 5.92 Å². The van der Waals surface area contributed by atoms with E-state index in [1.807, 2.05) is 26.0 Å². The molecular weight excluding hydrogens is 146 g/mol. The van der Waals surface area contributed by atoms with Crippen LogP contribution in [0.15, 0.2) is 35.6 Å². The first-order valence-corrected chi connectivity index (χ1v) is 4.28. The van der Waals surface area contributed by atoms with Crippen LogP contribution >= 0.6 is 0 Å². The molecule has 0 atom stereocenters. The predicted octanol–water partition coefficient (Wildman–Crippen LogP) is 3.01. The minimum absolute atomic E-state index is 0.443. The second-order valence-corrected chi connectivity index (χ2v) is 3.30. The molecule has 0 aromatic heterocycles. The fourth-order valence-corrected chi connectivity index (χ4v) is 1.34. The molecule has 1 heteroatoms. The van der Waals surface area contributed by atoms with Crippen LogP contribution in [0.4, 0.5) is 0 Å². The van der Waals surface area contributed by atoms with E-state index in [0.717, 1.165) is 16.8 Å². The summed E-state index contributed by atoms with van der Waals surface area (Å²) in [5.41, 5.74) is 8.91. The molecule has 68 valence electrons. The molecule has 0 aromatic rings. The Hall–Kier alpha value is -0.980. The summed E-state index contributed by atoms with van der Waals surface area (Å²) in [5, 5.41) is 0. The summed E-state index contributed by atoms with van der Waals surface area (Å²) in [7, 11) is 0. The molecule has 0 heterocycles. The van der Waals surface area contributed by atoms with Crippen LogP contribution in [-0.4, -0.2) is 0 Å². The molecule has 0 fully saturated rings. The molecule has 0 aliphatic rings.